The molecule has 2 rings (SSSR count). The van der Waals surface area contributed by atoms with Crippen LogP contribution in [0.15, 0.2) is 0 Å². The Balaban J connectivity index is 1.85. The van der Waals surface area contributed by atoms with E-state index in [2.05, 4.69) is 23.9 Å². The summed E-state index contributed by atoms with van der Waals surface area (Å²) in [6, 6.07) is 1.37. The molecule has 0 bridgehead atoms. The van der Waals surface area contributed by atoms with Crippen molar-refractivity contribution in [1.82, 2.24) is 9.80 Å². The fraction of sp³-hybridized carbons (Fsp3) is 0.917. The molecule has 86 valence electrons. The van der Waals surface area contributed by atoms with Crippen LogP contribution in [0.1, 0.15) is 32.1 Å². The molecule has 0 aromatic rings. The van der Waals surface area contributed by atoms with Gasteiger partial charge in [0.25, 0.3) is 0 Å². The predicted molar refractivity (Wildman–Crippen MR) is 60.9 cm³/mol. The summed E-state index contributed by atoms with van der Waals surface area (Å²) in [6.07, 6.45) is 5.05. The van der Waals surface area contributed by atoms with E-state index in [9.17, 15) is 4.79 Å². The molecule has 0 aromatic carbocycles. The Bertz CT molecular complexity index is 232. The topological polar surface area (TPSA) is 23.6 Å². The lowest BCUT2D eigenvalue weighted by molar-refractivity contribution is -0.121. The van der Waals surface area contributed by atoms with Crippen LogP contribution in [0.25, 0.3) is 0 Å². The smallest absolute Gasteiger partial charge is 0.133 e. The highest BCUT2D eigenvalue weighted by molar-refractivity contribution is 5.79. The van der Waals surface area contributed by atoms with Crippen molar-refractivity contribution in [3.63, 3.8) is 0 Å². The van der Waals surface area contributed by atoms with Crippen LogP contribution >= 0.6 is 0 Å². The average Bonchev–Trinajstić information content (AvgIpc) is 2.65. The second-order valence-corrected chi connectivity index (χ2v) is 5.14. The number of hydrogen-bond acceptors (Lipinski definition) is 3. The van der Waals surface area contributed by atoms with Gasteiger partial charge in [0.05, 0.1) is 0 Å². The molecule has 1 aliphatic heterocycles. The number of carbonyl (C=O) groups excluding carboxylic acids is 1. The molecule has 0 amide bonds. The number of nitrogens with zero attached hydrogens (tertiary/aromatic N) is 2. The van der Waals surface area contributed by atoms with E-state index in [-0.39, 0.29) is 0 Å². The molecule has 1 unspecified atom stereocenters. The Hall–Kier alpha value is -0.410. The third-order valence-corrected chi connectivity index (χ3v) is 4.03. The van der Waals surface area contributed by atoms with Crippen molar-refractivity contribution in [3.05, 3.63) is 0 Å². The second kappa shape index (κ2) is 4.62. The third kappa shape index (κ3) is 2.58. The molecule has 1 aliphatic carbocycles. The number of hydrogen-bond donors (Lipinski definition) is 0. The van der Waals surface area contributed by atoms with Gasteiger partial charge in [-0.2, -0.15) is 0 Å². The molecule has 2 aliphatic rings. The fourth-order valence-corrected chi connectivity index (χ4v) is 2.87. The normalized spacial score (nSPS) is 30.3. The SMILES string of the molecule is CN1CCC(N(C)C2CCC(=O)CC2)C1. The van der Waals surface area contributed by atoms with Crippen molar-refractivity contribution in [2.24, 2.45) is 0 Å². The largest absolute Gasteiger partial charge is 0.305 e. The van der Waals surface area contributed by atoms with Gasteiger partial charge in [0, 0.05) is 31.5 Å². The van der Waals surface area contributed by atoms with E-state index < -0.39 is 0 Å². The molecule has 0 spiro atoms. The Labute approximate surface area is 92.4 Å². The summed E-state index contributed by atoms with van der Waals surface area (Å²) in [5.41, 5.74) is 0. The zero-order valence-corrected chi connectivity index (χ0v) is 9.91. The summed E-state index contributed by atoms with van der Waals surface area (Å²) in [7, 11) is 4.43. The Morgan fingerprint density at radius 2 is 1.87 bits per heavy atom. The first-order valence-electron chi connectivity index (χ1n) is 6.09. The first-order valence-corrected chi connectivity index (χ1v) is 6.09. The quantitative estimate of drug-likeness (QED) is 0.683. The van der Waals surface area contributed by atoms with Gasteiger partial charge in [-0.25, -0.2) is 0 Å². The van der Waals surface area contributed by atoms with Gasteiger partial charge in [0.15, 0.2) is 0 Å². The van der Waals surface area contributed by atoms with Crippen LogP contribution < -0.4 is 0 Å². The van der Waals surface area contributed by atoms with Gasteiger partial charge in [0.2, 0.25) is 0 Å². The van der Waals surface area contributed by atoms with Gasteiger partial charge in [-0.1, -0.05) is 0 Å². The molecule has 1 atom stereocenters. The predicted octanol–water partition coefficient (Wildman–Crippen LogP) is 1.13. The van der Waals surface area contributed by atoms with Gasteiger partial charge in [0.1, 0.15) is 5.78 Å². The van der Waals surface area contributed by atoms with Crippen LogP contribution in [-0.2, 0) is 4.79 Å². The number of Topliss-reactive ketones (excluding diaryl/α,β-unsaturated/α-hetero) is 1. The van der Waals surface area contributed by atoms with E-state index in [0.29, 0.717) is 17.9 Å². The van der Waals surface area contributed by atoms with E-state index in [1.54, 1.807) is 0 Å². The zero-order valence-electron chi connectivity index (χ0n) is 9.91. The standard InChI is InChI=1S/C12H22N2O/c1-13-8-7-11(9-13)14(2)10-3-5-12(15)6-4-10/h10-11H,3-9H2,1-2H3. The molecule has 3 heteroatoms. The van der Waals surface area contributed by atoms with Crippen molar-refractivity contribution >= 4 is 5.78 Å². The summed E-state index contributed by atoms with van der Waals surface area (Å²) in [5, 5.41) is 0. The van der Waals surface area contributed by atoms with Crippen LogP contribution in [0.5, 0.6) is 0 Å². The van der Waals surface area contributed by atoms with Crippen molar-refractivity contribution < 1.29 is 4.79 Å². The number of likely N-dealkylation sites (tertiary alicyclic amines) is 1. The lowest BCUT2D eigenvalue weighted by Gasteiger charge is -2.35. The van der Waals surface area contributed by atoms with Crippen LogP contribution in [0.2, 0.25) is 0 Å². The number of ketones is 1. The zero-order chi connectivity index (χ0) is 10.8. The van der Waals surface area contributed by atoms with E-state index >= 15 is 0 Å². The van der Waals surface area contributed by atoms with E-state index in [0.717, 1.165) is 25.7 Å². The van der Waals surface area contributed by atoms with E-state index in [1.807, 2.05) is 0 Å². The molecule has 2 fully saturated rings. The maximum atomic E-state index is 11.2. The van der Waals surface area contributed by atoms with Crippen molar-refractivity contribution in [2.45, 2.75) is 44.2 Å². The Morgan fingerprint density at radius 3 is 2.40 bits per heavy atom. The molecule has 1 saturated heterocycles. The molecule has 0 aromatic heterocycles. The average molecular weight is 210 g/mol. The van der Waals surface area contributed by atoms with Gasteiger partial charge in [-0.3, -0.25) is 9.69 Å². The molecule has 0 radical (unpaired) electrons. The molecule has 1 saturated carbocycles. The summed E-state index contributed by atoms with van der Waals surface area (Å²) in [6.45, 7) is 2.42. The van der Waals surface area contributed by atoms with Gasteiger partial charge < -0.3 is 4.90 Å². The van der Waals surface area contributed by atoms with Crippen LogP contribution in [0.4, 0.5) is 0 Å². The lowest BCUT2D eigenvalue weighted by atomic mass is 9.92. The number of likely N-dealkylation sites (N-methyl/N-ethyl adjacent to an activating group) is 2. The maximum Gasteiger partial charge on any atom is 0.133 e. The van der Waals surface area contributed by atoms with Gasteiger partial charge in [-0.15, -0.1) is 0 Å². The van der Waals surface area contributed by atoms with Gasteiger partial charge in [-0.05, 0) is 39.9 Å². The Morgan fingerprint density at radius 1 is 1.20 bits per heavy atom. The highest BCUT2D eigenvalue weighted by Gasteiger charge is 2.30. The van der Waals surface area contributed by atoms with Crippen LogP contribution in [0.3, 0.4) is 0 Å². The number of carbonyl (C=O) groups is 1. The highest BCUT2D eigenvalue weighted by Crippen LogP contribution is 2.24. The Kier molecular flexibility index (Phi) is 3.42. The maximum absolute atomic E-state index is 11.2. The third-order valence-electron chi connectivity index (χ3n) is 4.03. The van der Waals surface area contributed by atoms with Crippen molar-refractivity contribution in [2.75, 3.05) is 27.2 Å². The minimum atomic E-state index is 0.461. The summed E-state index contributed by atoms with van der Waals surface area (Å²) < 4.78 is 0. The molecule has 0 N–H and O–H groups in total. The summed E-state index contributed by atoms with van der Waals surface area (Å²) >= 11 is 0. The fourth-order valence-electron chi connectivity index (χ4n) is 2.87. The molecule has 3 nitrogen and oxygen atoms in total. The molecule has 1 heterocycles. The van der Waals surface area contributed by atoms with Gasteiger partial charge >= 0.3 is 0 Å². The summed E-state index contributed by atoms with van der Waals surface area (Å²) in [5.74, 6) is 0.461. The van der Waals surface area contributed by atoms with Crippen LogP contribution in [-0.4, -0.2) is 54.9 Å². The first kappa shape index (κ1) is 11.1. The molecular weight excluding hydrogens is 188 g/mol. The minimum absolute atomic E-state index is 0.461. The van der Waals surface area contributed by atoms with E-state index in [1.165, 1.54) is 19.5 Å². The monoisotopic (exact) mass is 210 g/mol. The first-order chi connectivity index (χ1) is 7.16. The van der Waals surface area contributed by atoms with E-state index in [4.69, 9.17) is 0 Å². The van der Waals surface area contributed by atoms with Crippen molar-refractivity contribution in [3.8, 4) is 0 Å². The van der Waals surface area contributed by atoms with Crippen molar-refractivity contribution in [1.29, 1.82) is 0 Å². The lowest BCUT2D eigenvalue weighted by Crippen LogP contribution is -2.43. The summed E-state index contributed by atoms with van der Waals surface area (Å²) in [4.78, 5) is 16.1. The molecular formula is C12H22N2O. The number of rotatable bonds is 2. The minimum Gasteiger partial charge on any atom is -0.305 e. The second-order valence-electron chi connectivity index (χ2n) is 5.14. The highest BCUT2D eigenvalue weighted by atomic mass is 16.1. The molecule has 15 heavy (non-hydrogen) atoms. The van der Waals surface area contributed by atoms with Crippen LogP contribution in [0, 0.1) is 0 Å².